The van der Waals surface area contributed by atoms with Crippen LogP contribution in [0.15, 0.2) is 35.3 Å². The lowest BCUT2D eigenvalue weighted by atomic mass is 10.2. The predicted octanol–water partition coefficient (Wildman–Crippen LogP) is 3.37. The first-order valence-corrected chi connectivity index (χ1v) is 8.85. The van der Waals surface area contributed by atoms with Gasteiger partial charge < -0.3 is 25.7 Å². The molecule has 1 amide bonds. The molecule has 0 radical (unpaired) electrons. The van der Waals surface area contributed by atoms with Crippen molar-refractivity contribution in [1.29, 1.82) is 0 Å². The fraction of sp³-hybridized carbons (Fsp3) is 0.474. The van der Waals surface area contributed by atoms with Crippen LogP contribution >= 0.6 is 24.0 Å². The molecule has 0 atom stereocenters. The van der Waals surface area contributed by atoms with Gasteiger partial charge in [0.15, 0.2) is 5.96 Å². The zero-order valence-corrected chi connectivity index (χ0v) is 18.7. The number of halogens is 1. The van der Waals surface area contributed by atoms with Crippen LogP contribution in [0.2, 0.25) is 0 Å². The van der Waals surface area contributed by atoms with Crippen LogP contribution in [0.3, 0.4) is 0 Å². The Morgan fingerprint density at radius 2 is 1.85 bits per heavy atom. The Hall–Kier alpha value is -1.97. The van der Waals surface area contributed by atoms with Gasteiger partial charge in [-0.1, -0.05) is 18.2 Å². The summed E-state index contributed by atoms with van der Waals surface area (Å²) in [7, 11) is 1.74. The largest absolute Gasteiger partial charge is 0.444 e. The second kappa shape index (κ2) is 11.0. The number of benzene rings is 1. The maximum absolute atomic E-state index is 11.6. The number of ether oxygens (including phenoxy) is 1. The number of rotatable bonds is 6. The molecule has 2 rings (SSSR count). The van der Waals surface area contributed by atoms with Crippen molar-refractivity contribution in [3.63, 3.8) is 0 Å². The number of hydrogen-bond donors (Lipinski definition) is 4. The molecule has 0 spiro atoms. The summed E-state index contributed by atoms with van der Waals surface area (Å²) in [5.41, 5.74) is 1.75. The highest BCUT2D eigenvalue weighted by atomic mass is 127. The Morgan fingerprint density at radius 3 is 2.52 bits per heavy atom. The average molecular weight is 487 g/mol. The molecular formula is C19H30IN5O2. The van der Waals surface area contributed by atoms with E-state index >= 15 is 0 Å². The van der Waals surface area contributed by atoms with Crippen molar-refractivity contribution in [2.45, 2.75) is 39.3 Å². The quantitative estimate of drug-likeness (QED) is 0.218. The third-order valence-corrected chi connectivity index (χ3v) is 3.57. The van der Waals surface area contributed by atoms with Crippen molar-refractivity contribution in [3.05, 3.63) is 36.0 Å². The number of aromatic nitrogens is 1. The van der Waals surface area contributed by atoms with E-state index in [9.17, 15) is 4.79 Å². The van der Waals surface area contributed by atoms with Crippen LogP contribution in [0.5, 0.6) is 0 Å². The number of carbonyl (C=O) groups is 1. The molecule has 1 aromatic heterocycles. The molecule has 0 fully saturated rings. The molecule has 2 aromatic rings. The first-order valence-electron chi connectivity index (χ1n) is 8.85. The number of fused-ring (bicyclic) bond motifs is 1. The van der Waals surface area contributed by atoms with E-state index in [1.807, 2.05) is 32.9 Å². The number of amides is 1. The lowest BCUT2D eigenvalue weighted by Gasteiger charge is -2.19. The first-order chi connectivity index (χ1) is 12.4. The molecular weight excluding hydrogens is 457 g/mol. The van der Waals surface area contributed by atoms with E-state index in [1.165, 1.54) is 5.39 Å². The van der Waals surface area contributed by atoms with Gasteiger partial charge >= 0.3 is 6.09 Å². The number of carbonyl (C=O) groups excluding carboxylic acids is 1. The van der Waals surface area contributed by atoms with Crippen molar-refractivity contribution in [2.75, 3.05) is 20.1 Å². The molecule has 0 aliphatic rings. The Labute approximate surface area is 177 Å². The van der Waals surface area contributed by atoms with Gasteiger partial charge in [-0.05, 0) is 44.7 Å². The van der Waals surface area contributed by atoms with Crippen LogP contribution in [0.25, 0.3) is 10.9 Å². The second-order valence-corrected chi connectivity index (χ2v) is 7.02. The van der Waals surface area contributed by atoms with Gasteiger partial charge in [-0.3, -0.25) is 4.99 Å². The van der Waals surface area contributed by atoms with Gasteiger partial charge in [0.2, 0.25) is 0 Å². The first kappa shape index (κ1) is 23.1. The van der Waals surface area contributed by atoms with Gasteiger partial charge in [0.1, 0.15) is 5.60 Å². The van der Waals surface area contributed by atoms with Gasteiger partial charge in [0.25, 0.3) is 0 Å². The van der Waals surface area contributed by atoms with Crippen LogP contribution in [-0.2, 0) is 11.3 Å². The summed E-state index contributed by atoms with van der Waals surface area (Å²) >= 11 is 0. The van der Waals surface area contributed by atoms with Crippen LogP contribution in [0.1, 0.15) is 32.9 Å². The molecule has 0 saturated heterocycles. The molecule has 0 aliphatic carbocycles. The molecule has 0 saturated carbocycles. The standard InChI is InChI=1S/C19H29N5O2.HI/c1-19(2,3)26-18(25)22-11-7-10-21-17(20-4)23-13-15-12-14-8-5-6-9-16(14)24-15;/h5-6,8-9,12,24H,7,10-11,13H2,1-4H3,(H,22,25)(H2,20,21,23);1H. The molecule has 1 aromatic carbocycles. The van der Waals surface area contributed by atoms with E-state index in [0.717, 1.165) is 23.6 Å². The zero-order chi connectivity index (χ0) is 19.0. The SMILES string of the molecule is CN=C(NCCCNC(=O)OC(C)(C)C)NCc1cc2ccccc2[nH]1.I. The van der Waals surface area contributed by atoms with E-state index in [1.54, 1.807) is 7.05 Å². The maximum Gasteiger partial charge on any atom is 0.407 e. The fourth-order valence-electron chi connectivity index (χ4n) is 2.43. The van der Waals surface area contributed by atoms with E-state index in [-0.39, 0.29) is 30.1 Å². The minimum Gasteiger partial charge on any atom is -0.444 e. The Bertz CT molecular complexity index is 719. The molecule has 0 bridgehead atoms. The summed E-state index contributed by atoms with van der Waals surface area (Å²) in [6.07, 6.45) is 0.380. The van der Waals surface area contributed by atoms with Crippen molar-refractivity contribution in [3.8, 4) is 0 Å². The number of hydrogen-bond acceptors (Lipinski definition) is 3. The number of alkyl carbamates (subject to hydrolysis) is 1. The Morgan fingerprint density at radius 1 is 1.15 bits per heavy atom. The summed E-state index contributed by atoms with van der Waals surface area (Å²) in [5, 5.41) is 10.4. The third-order valence-electron chi connectivity index (χ3n) is 3.57. The minimum atomic E-state index is -0.475. The molecule has 8 heteroatoms. The van der Waals surface area contributed by atoms with Crippen molar-refractivity contribution < 1.29 is 9.53 Å². The van der Waals surface area contributed by atoms with Gasteiger partial charge in [0.05, 0.1) is 6.54 Å². The lowest BCUT2D eigenvalue weighted by molar-refractivity contribution is 0.0527. The van der Waals surface area contributed by atoms with Crippen molar-refractivity contribution in [1.82, 2.24) is 20.9 Å². The average Bonchev–Trinajstić information content (AvgIpc) is 2.98. The highest BCUT2D eigenvalue weighted by Gasteiger charge is 2.15. The number of nitrogens with zero attached hydrogens (tertiary/aromatic N) is 1. The molecule has 4 N–H and O–H groups in total. The lowest BCUT2D eigenvalue weighted by Crippen LogP contribution is -2.39. The fourth-order valence-corrected chi connectivity index (χ4v) is 2.43. The Balaban J connectivity index is 0.00000364. The van der Waals surface area contributed by atoms with Crippen molar-refractivity contribution >= 4 is 46.9 Å². The molecule has 7 nitrogen and oxygen atoms in total. The summed E-state index contributed by atoms with van der Waals surface area (Å²) in [6.45, 7) is 7.43. The number of aliphatic imine (C=N–C) groups is 1. The zero-order valence-electron chi connectivity index (χ0n) is 16.4. The van der Waals surface area contributed by atoms with E-state index < -0.39 is 5.60 Å². The summed E-state index contributed by atoms with van der Waals surface area (Å²) in [6, 6.07) is 10.3. The molecule has 1 heterocycles. The van der Waals surface area contributed by atoms with Crippen molar-refractivity contribution in [2.24, 2.45) is 4.99 Å². The number of H-pyrrole nitrogens is 1. The third kappa shape index (κ3) is 8.51. The smallest absolute Gasteiger partial charge is 0.407 e. The van der Waals surface area contributed by atoms with Crippen LogP contribution in [0.4, 0.5) is 4.79 Å². The minimum absolute atomic E-state index is 0. The van der Waals surface area contributed by atoms with E-state index in [2.05, 4.69) is 44.1 Å². The van der Waals surface area contributed by atoms with E-state index in [4.69, 9.17) is 4.74 Å². The molecule has 150 valence electrons. The predicted molar refractivity (Wildman–Crippen MR) is 121 cm³/mol. The van der Waals surface area contributed by atoms with Gasteiger partial charge in [-0.15, -0.1) is 24.0 Å². The van der Waals surface area contributed by atoms with Crippen LogP contribution < -0.4 is 16.0 Å². The number of aromatic amines is 1. The Kier molecular flexibility index (Phi) is 9.40. The highest BCUT2D eigenvalue weighted by molar-refractivity contribution is 14.0. The second-order valence-electron chi connectivity index (χ2n) is 7.02. The summed E-state index contributed by atoms with van der Waals surface area (Å²) in [5.74, 6) is 0.723. The highest BCUT2D eigenvalue weighted by Crippen LogP contribution is 2.14. The maximum atomic E-state index is 11.6. The van der Waals surface area contributed by atoms with Gasteiger partial charge in [-0.25, -0.2) is 4.79 Å². The monoisotopic (exact) mass is 487 g/mol. The summed E-state index contributed by atoms with van der Waals surface area (Å²) in [4.78, 5) is 19.1. The number of nitrogens with one attached hydrogen (secondary N) is 4. The number of para-hydroxylation sites is 1. The molecule has 0 aliphatic heterocycles. The topological polar surface area (TPSA) is 90.5 Å². The van der Waals surface area contributed by atoms with E-state index in [0.29, 0.717) is 19.6 Å². The van der Waals surface area contributed by atoms with Gasteiger partial charge in [-0.2, -0.15) is 0 Å². The van der Waals surface area contributed by atoms with Crippen LogP contribution in [-0.4, -0.2) is 42.8 Å². The summed E-state index contributed by atoms with van der Waals surface area (Å²) < 4.78 is 5.19. The normalized spacial score (nSPS) is 11.6. The molecule has 0 unspecified atom stereocenters. The molecule has 27 heavy (non-hydrogen) atoms. The number of guanidine groups is 1. The van der Waals surface area contributed by atoms with Gasteiger partial charge in [0, 0.05) is 31.3 Å². The van der Waals surface area contributed by atoms with Crippen LogP contribution in [0, 0.1) is 0 Å².